The Labute approximate surface area is 476 Å². The van der Waals surface area contributed by atoms with Gasteiger partial charge in [-0.1, -0.05) is 174 Å². The van der Waals surface area contributed by atoms with Crippen molar-refractivity contribution in [1.82, 2.24) is 0 Å². The first kappa shape index (κ1) is 51.8. The lowest BCUT2D eigenvalue weighted by atomic mass is 9.84. The molecule has 0 aromatic heterocycles. The van der Waals surface area contributed by atoms with Gasteiger partial charge < -0.3 is 9.80 Å². The Morgan fingerprint density at radius 2 is 0.662 bits per heavy atom. The van der Waals surface area contributed by atoms with Gasteiger partial charge in [0.05, 0.1) is 0 Å². The fourth-order valence-corrected chi connectivity index (χ4v) is 15.0. The largest absolute Gasteiger partial charge is 0.311 e. The molecular formula is C76H76N4. The van der Waals surface area contributed by atoms with Gasteiger partial charge in [0.15, 0.2) is 0 Å². The molecule has 400 valence electrons. The zero-order valence-corrected chi connectivity index (χ0v) is 46.8. The van der Waals surface area contributed by atoms with Gasteiger partial charge in [-0.15, -0.1) is 0 Å². The van der Waals surface area contributed by atoms with Crippen LogP contribution in [-0.4, -0.2) is 0 Å². The Morgan fingerprint density at radius 3 is 1.01 bits per heavy atom. The average Bonchev–Trinajstić information content (AvgIpc) is 3.92. The van der Waals surface area contributed by atoms with Crippen molar-refractivity contribution < 1.29 is 0 Å². The molecule has 0 bridgehead atoms. The van der Waals surface area contributed by atoms with Crippen LogP contribution in [0.2, 0.25) is 0 Å². The van der Waals surface area contributed by atoms with Gasteiger partial charge in [-0.2, -0.15) is 10.5 Å². The van der Waals surface area contributed by atoms with Gasteiger partial charge in [-0.3, -0.25) is 0 Å². The highest BCUT2D eigenvalue weighted by molar-refractivity contribution is 6.11. The number of benzene rings is 7. The van der Waals surface area contributed by atoms with Crippen LogP contribution in [0.5, 0.6) is 0 Å². The molecular weight excluding hydrogens is 969 g/mol. The fourth-order valence-electron chi connectivity index (χ4n) is 15.0. The van der Waals surface area contributed by atoms with E-state index in [1.165, 1.54) is 179 Å². The molecule has 0 amide bonds. The van der Waals surface area contributed by atoms with Crippen LogP contribution in [0.3, 0.4) is 0 Å². The van der Waals surface area contributed by atoms with Crippen LogP contribution in [0.25, 0.3) is 22.3 Å². The van der Waals surface area contributed by atoms with Crippen molar-refractivity contribution in [3.8, 4) is 23.3 Å². The summed E-state index contributed by atoms with van der Waals surface area (Å²) in [7, 11) is 0. The van der Waals surface area contributed by atoms with Gasteiger partial charge in [0, 0.05) is 45.6 Å². The van der Waals surface area contributed by atoms with Gasteiger partial charge in [-0.05, 0) is 222 Å². The molecule has 1 atom stereocenters. The summed E-state index contributed by atoms with van der Waals surface area (Å²) in [6, 6.07) is 67.0. The summed E-state index contributed by atoms with van der Waals surface area (Å²) in [5.41, 5.74) is 21.2. The minimum Gasteiger partial charge on any atom is -0.311 e. The molecule has 6 aliphatic carbocycles. The van der Waals surface area contributed by atoms with E-state index in [1.54, 1.807) is 0 Å². The molecule has 4 fully saturated rings. The Balaban J connectivity index is 0.781. The Kier molecular flexibility index (Phi) is 15.3. The van der Waals surface area contributed by atoms with E-state index in [0.29, 0.717) is 23.7 Å². The van der Waals surface area contributed by atoms with E-state index in [-0.39, 0.29) is 11.5 Å². The number of nitriles is 2. The molecule has 13 rings (SSSR count). The zero-order valence-electron chi connectivity index (χ0n) is 46.8. The van der Waals surface area contributed by atoms with Gasteiger partial charge >= 0.3 is 0 Å². The predicted octanol–water partition coefficient (Wildman–Crippen LogP) is 21.8. The highest BCUT2D eigenvalue weighted by atomic mass is 15.1. The standard InChI is InChI=1S/C76H76N4/c77-51-65(52-78)76-74-49-63(61-29-43-70(44-30-61)79(66-35-21-57(22-36-66)53-13-5-1-6-14-53)67-37-23-58(24-38-67)54-15-7-2-8-16-54)33-47-72(74)73-48-34-64(50-75(73)76)62-31-45-71(46-32-62)80(68-39-25-59(26-40-68)55-17-9-3-10-18-55)69-41-27-60(28-42-69)56-19-11-4-12-20-56/h21-33,35-50,53-56,64H,1-20,34H2. The average molecular weight is 1050 g/mol. The summed E-state index contributed by atoms with van der Waals surface area (Å²) in [4.78, 5) is 4.83. The van der Waals surface area contributed by atoms with Crippen molar-refractivity contribution in [2.45, 2.75) is 164 Å². The van der Waals surface area contributed by atoms with E-state index in [4.69, 9.17) is 0 Å². The number of allylic oxidation sites excluding steroid dienone is 6. The van der Waals surface area contributed by atoms with E-state index >= 15 is 0 Å². The summed E-state index contributed by atoms with van der Waals surface area (Å²) in [5.74, 6) is 2.73. The normalized spacial score (nSPS) is 19.0. The lowest BCUT2D eigenvalue weighted by Gasteiger charge is -2.28. The second-order valence-electron chi connectivity index (χ2n) is 24.3. The van der Waals surface area contributed by atoms with Crippen LogP contribution >= 0.6 is 0 Å². The van der Waals surface area contributed by atoms with Crippen LogP contribution in [-0.2, 0) is 0 Å². The van der Waals surface area contributed by atoms with Crippen molar-refractivity contribution in [2.24, 2.45) is 0 Å². The molecule has 0 saturated heterocycles. The molecule has 0 N–H and O–H groups in total. The molecule has 80 heavy (non-hydrogen) atoms. The maximum absolute atomic E-state index is 10.6. The fraction of sp³-hybridized carbons (Fsp3) is 0.342. The van der Waals surface area contributed by atoms with E-state index in [0.717, 1.165) is 56.8 Å². The van der Waals surface area contributed by atoms with Crippen molar-refractivity contribution >= 4 is 45.3 Å². The number of anilines is 6. The molecule has 4 nitrogen and oxygen atoms in total. The molecule has 4 saturated carbocycles. The monoisotopic (exact) mass is 1040 g/mol. The molecule has 7 aromatic carbocycles. The third-order valence-corrected chi connectivity index (χ3v) is 19.5. The van der Waals surface area contributed by atoms with Gasteiger partial charge in [0.2, 0.25) is 0 Å². The second kappa shape index (κ2) is 23.6. The summed E-state index contributed by atoms with van der Waals surface area (Å²) in [6.07, 6.45) is 31.9. The SMILES string of the molecule is N#CC(C#N)=C1C2=CC(c3ccc(N(c4ccc(C5CCCCC5)cc4)c4ccc(C5CCCCC5)cc4)cc3)CC=C2c2ccc(-c3ccc(N(c4ccc(C5CCCCC5)cc4)c4ccc(C5CCCCC5)cc4)cc3)cc21. The Morgan fingerprint density at radius 1 is 0.338 bits per heavy atom. The summed E-state index contributed by atoms with van der Waals surface area (Å²) >= 11 is 0. The third kappa shape index (κ3) is 10.6. The van der Waals surface area contributed by atoms with Crippen LogP contribution in [0, 0.1) is 22.7 Å². The number of hydrogen-bond donors (Lipinski definition) is 0. The first-order valence-electron chi connectivity index (χ1n) is 30.9. The van der Waals surface area contributed by atoms with E-state index in [9.17, 15) is 10.5 Å². The lowest BCUT2D eigenvalue weighted by molar-refractivity contribution is 0.443. The smallest absolute Gasteiger partial charge is 0.138 e. The van der Waals surface area contributed by atoms with Crippen LogP contribution in [0.15, 0.2) is 187 Å². The number of fused-ring (bicyclic) bond motifs is 3. The molecule has 0 aliphatic heterocycles. The molecule has 6 aliphatic rings. The molecule has 1 unspecified atom stereocenters. The molecule has 4 heteroatoms. The van der Waals surface area contributed by atoms with Crippen molar-refractivity contribution in [3.05, 3.63) is 226 Å². The first-order valence-corrected chi connectivity index (χ1v) is 30.9. The maximum Gasteiger partial charge on any atom is 0.138 e. The van der Waals surface area contributed by atoms with Crippen LogP contribution in [0.1, 0.15) is 203 Å². The van der Waals surface area contributed by atoms with Gasteiger partial charge in [0.25, 0.3) is 0 Å². The quantitative estimate of drug-likeness (QED) is 0.114. The second-order valence-corrected chi connectivity index (χ2v) is 24.3. The van der Waals surface area contributed by atoms with Crippen molar-refractivity contribution in [3.63, 3.8) is 0 Å². The number of rotatable bonds is 12. The number of hydrogen-bond acceptors (Lipinski definition) is 4. The minimum atomic E-state index is 0.0886. The first-order chi connectivity index (χ1) is 39.6. The van der Waals surface area contributed by atoms with Crippen LogP contribution in [0.4, 0.5) is 34.1 Å². The highest BCUT2D eigenvalue weighted by Gasteiger charge is 2.33. The Hall–Kier alpha value is -7.66. The summed E-state index contributed by atoms with van der Waals surface area (Å²) < 4.78 is 0. The minimum absolute atomic E-state index is 0.0886. The summed E-state index contributed by atoms with van der Waals surface area (Å²) in [6.45, 7) is 0. The third-order valence-electron chi connectivity index (χ3n) is 19.5. The molecule has 0 spiro atoms. The molecule has 0 radical (unpaired) electrons. The van der Waals surface area contributed by atoms with Crippen molar-refractivity contribution in [2.75, 3.05) is 9.80 Å². The Bertz CT molecular complexity index is 3330. The number of nitrogens with zero attached hydrogens (tertiary/aromatic N) is 4. The van der Waals surface area contributed by atoms with E-state index in [2.05, 4.69) is 198 Å². The van der Waals surface area contributed by atoms with Gasteiger partial charge in [0.1, 0.15) is 17.7 Å². The predicted molar refractivity (Wildman–Crippen MR) is 333 cm³/mol. The van der Waals surface area contributed by atoms with Gasteiger partial charge in [-0.25, -0.2) is 0 Å². The topological polar surface area (TPSA) is 54.1 Å². The molecule has 7 aromatic rings. The van der Waals surface area contributed by atoms with E-state index < -0.39 is 0 Å². The van der Waals surface area contributed by atoms with Crippen LogP contribution < -0.4 is 9.80 Å². The highest BCUT2D eigenvalue weighted by Crippen LogP contribution is 2.52. The molecule has 0 heterocycles. The zero-order chi connectivity index (χ0) is 53.8. The lowest BCUT2D eigenvalue weighted by Crippen LogP contribution is -2.11. The van der Waals surface area contributed by atoms with E-state index in [1.807, 2.05) is 0 Å². The maximum atomic E-state index is 10.6. The van der Waals surface area contributed by atoms with Crippen molar-refractivity contribution in [1.29, 1.82) is 10.5 Å². The summed E-state index contributed by atoms with van der Waals surface area (Å²) in [5, 5.41) is 21.1.